The molecule has 0 fully saturated rings. The predicted octanol–water partition coefficient (Wildman–Crippen LogP) is 0.989. The van der Waals surface area contributed by atoms with E-state index in [1.807, 2.05) is 6.07 Å². The SMILES string of the molecule is CC1=c2c(ccc3c2=NC=N3)N(C)C1C. The molecule has 2 aliphatic rings. The average molecular weight is 199 g/mol. The number of nitrogens with zero attached hydrogens (tertiary/aromatic N) is 3. The van der Waals surface area contributed by atoms with Crippen LogP contribution in [-0.2, 0) is 0 Å². The van der Waals surface area contributed by atoms with Crippen molar-refractivity contribution in [2.75, 3.05) is 11.9 Å². The van der Waals surface area contributed by atoms with Crippen LogP contribution in [0.15, 0.2) is 22.1 Å². The van der Waals surface area contributed by atoms with Crippen LogP contribution >= 0.6 is 0 Å². The van der Waals surface area contributed by atoms with E-state index in [2.05, 4.69) is 41.8 Å². The maximum atomic E-state index is 4.35. The van der Waals surface area contributed by atoms with Gasteiger partial charge in [0, 0.05) is 24.0 Å². The van der Waals surface area contributed by atoms with Crippen LogP contribution in [0.3, 0.4) is 0 Å². The van der Waals surface area contributed by atoms with Gasteiger partial charge in [-0.25, -0.2) is 9.98 Å². The zero-order valence-electron chi connectivity index (χ0n) is 9.15. The van der Waals surface area contributed by atoms with Crippen molar-refractivity contribution < 1.29 is 0 Å². The van der Waals surface area contributed by atoms with E-state index in [1.165, 1.54) is 16.5 Å². The minimum absolute atomic E-state index is 0.460. The van der Waals surface area contributed by atoms with Gasteiger partial charge in [-0.3, -0.25) is 0 Å². The molecule has 2 aliphatic heterocycles. The molecule has 1 aromatic carbocycles. The summed E-state index contributed by atoms with van der Waals surface area (Å²) in [6.07, 6.45) is 1.64. The van der Waals surface area contributed by atoms with Gasteiger partial charge in [-0.1, -0.05) is 0 Å². The Morgan fingerprint density at radius 2 is 2.13 bits per heavy atom. The van der Waals surface area contributed by atoms with Gasteiger partial charge in [0.2, 0.25) is 0 Å². The number of hydrogen-bond acceptors (Lipinski definition) is 3. The third-order valence-corrected chi connectivity index (χ3v) is 3.50. The van der Waals surface area contributed by atoms with Gasteiger partial charge in [-0.2, -0.15) is 0 Å². The van der Waals surface area contributed by atoms with E-state index in [0.717, 1.165) is 11.0 Å². The van der Waals surface area contributed by atoms with E-state index in [4.69, 9.17) is 0 Å². The minimum atomic E-state index is 0.460. The maximum Gasteiger partial charge on any atom is 0.116 e. The Hall–Kier alpha value is -1.64. The summed E-state index contributed by atoms with van der Waals surface area (Å²) < 4.78 is 0. The van der Waals surface area contributed by atoms with Crippen molar-refractivity contribution in [1.29, 1.82) is 0 Å². The maximum absolute atomic E-state index is 4.35. The van der Waals surface area contributed by atoms with Gasteiger partial charge in [-0.15, -0.1) is 0 Å². The molecule has 3 heteroatoms. The highest BCUT2D eigenvalue weighted by Gasteiger charge is 2.23. The largest absolute Gasteiger partial charge is 0.368 e. The normalized spacial score (nSPS) is 21.7. The first kappa shape index (κ1) is 8.65. The number of hydrogen-bond donors (Lipinski definition) is 0. The van der Waals surface area contributed by atoms with Crippen LogP contribution in [0, 0.1) is 0 Å². The predicted molar refractivity (Wildman–Crippen MR) is 62.3 cm³/mol. The summed E-state index contributed by atoms with van der Waals surface area (Å²) in [5.41, 5.74) is 3.65. The lowest BCUT2D eigenvalue weighted by atomic mass is 10.1. The third-order valence-electron chi connectivity index (χ3n) is 3.50. The first-order chi connectivity index (χ1) is 7.20. The Labute approximate surface area is 88.5 Å². The Kier molecular flexibility index (Phi) is 1.55. The van der Waals surface area contributed by atoms with Crippen molar-refractivity contribution >= 4 is 23.3 Å². The Balaban J connectivity index is 2.49. The van der Waals surface area contributed by atoms with Crippen molar-refractivity contribution in [2.45, 2.75) is 19.9 Å². The second-order valence-electron chi connectivity index (χ2n) is 4.17. The molecular weight excluding hydrogens is 186 g/mol. The lowest BCUT2D eigenvalue weighted by Gasteiger charge is -2.20. The summed E-state index contributed by atoms with van der Waals surface area (Å²) in [5.74, 6) is 0. The van der Waals surface area contributed by atoms with Crippen LogP contribution in [0.2, 0.25) is 0 Å². The van der Waals surface area contributed by atoms with Crippen LogP contribution in [-0.4, -0.2) is 19.4 Å². The summed E-state index contributed by atoms with van der Waals surface area (Å²) in [5, 5.41) is 2.32. The molecule has 3 rings (SSSR count). The molecule has 0 aromatic heterocycles. The Morgan fingerprint density at radius 1 is 1.33 bits per heavy atom. The fraction of sp³-hybridized carbons (Fsp3) is 0.333. The monoisotopic (exact) mass is 199 g/mol. The molecule has 1 unspecified atom stereocenters. The highest BCUT2D eigenvalue weighted by molar-refractivity contribution is 5.75. The smallest absolute Gasteiger partial charge is 0.116 e. The molecule has 0 spiro atoms. The van der Waals surface area contributed by atoms with E-state index in [-0.39, 0.29) is 0 Å². The fourth-order valence-electron chi connectivity index (χ4n) is 2.34. The summed E-state index contributed by atoms with van der Waals surface area (Å²) >= 11 is 0. The van der Waals surface area contributed by atoms with Gasteiger partial charge in [0.05, 0.1) is 11.0 Å². The number of anilines is 1. The van der Waals surface area contributed by atoms with Gasteiger partial charge in [0.1, 0.15) is 6.34 Å². The molecule has 1 atom stereocenters. The van der Waals surface area contributed by atoms with Crippen molar-refractivity contribution in [3.63, 3.8) is 0 Å². The molecular formula is C12H13N3. The van der Waals surface area contributed by atoms with E-state index >= 15 is 0 Å². The average Bonchev–Trinajstić information content (AvgIpc) is 2.78. The van der Waals surface area contributed by atoms with Crippen molar-refractivity contribution in [2.24, 2.45) is 9.98 Å². The molecule has 2 heterocycles. The van der Waals surface area contributed by atoms with Crippen LogP contribution in [0.25, 0.3) is 5.57 Å². The second-order valence-corrected chi connectivity index (χ2v) is 4.17. The molecule has 76 valence electrons. The first-order valence-corrected chi connectivity index (χ1v) is 5.17. The van der Waals surface area contributed by atoms with Crippen LogP contribution in [0.4, 0.5) is 11.4 Å². The zero-order valence-corrected chi connectivity index (χ0v) is 9.15. The zero-order chi connectivity index (χ0) is 10.6. The highest BCUT2D eigenvalue weighted by Crippen LogP contribution is 2.23. The summed E-state index contributed by atoms with van der Waals surface area (Å²) in [6.45, 7) is 4.40. The molecule has 15 heavy (non-hydrogen) atoms. The quantitative estimate of drug-likeness (QED) is 0.612. The summed E-state index contributed by atoms with van der Waals surface area (Å²) in [4.78, 5) is 10.9. The number of benzene rings is 1. The standard InChI is InChI=1S/C12H13N3/c1-7-8(2)15(3)10-5-4-9-12(11(7)10)14-6-13-9/h4-6,8H,1-3H3. The van der Waals surface area contributed by atoms with E-state index in [0.29, 0.717) is 6.04 Å². The second kappa shape index (κ2) is 2.69. The molecule has 0 saturated heterocycles. The van der Waals surface area contributed by atoms with Gasteiger partial charge in [-0.05, 0) is 31.6 Å². The lowest BCUT2D eigenvalue weighted by Crippen LogP contribution is -2.27. The molecule has 0 N–H and O–H groups in total. The highest BCUT2D eigenvalue weighted by atomic mass is 15.1. The Morgan fingerprint density at radius 3 is 2.93 bits per heavy atom. The first-order valence-electron chi connectivity index (χ1n) is 5.17. The van der Waals surface area contributed by atoms with Crippen molar-refractivity contribution in [1.82, 2.24) is 0 Å². The van der Waals surface area contributed by atoms with Gasteiger partial charge < -0.3 is 4.90 Å². The lowest BCUT2D eigenvalue weighted by molar-refractivity contribution is 0.857. The molecule has 0 amide bonds. The van der Waals surface area contributed by atoms with E-state index < -0.39 is 0 Å². The van der Waals surface area contributed by atoms with Crippen LogP contribution < -0.4 is 15.5 Å². The Bertz CT molecular complexity index is 584. The van der Waals surface area contributed by atoms with E-state index in [9.17, 15) is 0 Å². The number of fused-ring (bicyclic) bond motifs is 3. The number of rotatable bonds is 0. The van der Waals surface area contributed by atoms with Crippen molar-refractivity contribution in [3.8, 4) is 0 Å². The molecule has 3 nitrogen and oxygen atoms in total. The van der Waals surface area contributed by atoms with Crippen LogP contribution in [0.5, 0.6) is 0 Å². The van der Waals surface area contributed by atoms with E-state index in [1.54, 1.807) is 6.34 Å². The molecule has 0 saturated carbocycles. The molecule has 0 radical (unpaired) electrons. The summed E-state index contributed by atoms with van der Waals surface area (Å²) in [6, 6.07) is 4.64. The fourth-order valence-corrected chi connectivity index (χ4v) is 2.34. The van der Waals surface area contributed by atoms with Gasteiger partial charge in [0.15, 0.2) is 0 Å². The topological polar surface area (TPSA) is 28.0 Å². The molecule has 0 aliphatic carbocycles. The molecule has 0 bridgehead atoms. The van der Waals surface area contributed by atoms with Crippen molar-refractivity contribution in [3.05, 3.63) is 22.7 Å². The third kappa shape index (κ3) is 0.950. The number of aliphatic imine (C=N–C) groups is 1. The minimum Gasteiger partial charge on any atom is -0.368 e. The van der Waals surface area contributed by atoms with Gasteiger partial charge in [0.25, 0.3) is 0 Å². The molecule has 1 aromatic rings. The summed E-state index contributed by atoms with van der Waals surface area (Å²) in [7, 11) is 2.13. The van der Waals surface area contributed by atoms with Gasteiger partial charge >= 0.3 is 0 Å². The van der Waals surface area contributed by atoms with Crippen LogP contribution in [0.1, 0.15) is 13.8 Å².